The Kier molecular flexibility index (Phi) is 6.22. The quantitative estimate of drug-likeness (QED) is 0.714. The Morgan fingerprint density at radius 1 is 1.55 bits per heavy atom. The lowest BCUT2D eigenvalue weighted by Gasteiger charge is -2.28. The molecule has 1 heterocycles. The number of aromatic nitrogens is 1. The van der Waals surface area contributed by atoms with Crippen LogP contribution in [0, 0.1) is 0 Å². The zero-order valence-corrected chi connectivity index (χ0v) is 13.4. The number of nitrogens with zero attached hydrogens (tertiary/aromatic N) is 2. The molecule has 0 saturated heterocycles. The van der Waals surface area contributed by atoms with E-state index in [2.05, 4.69) is 15.6 Å². The molecule has 0 spiro atoms. The molecule has 114 valence electrons. The molecule has 1 aromatic rings. The highest BCUT2D eigenvalue weighted by Gasteiger charge is 2.24. The van der Waals surface area contributed by atoms with Crippen LogP contribution in [0.2, 0.25) is 0 Å². The second-order valence-corrected chi connectivity index (χ2v) is 6.13. The predicted molar refractivity (Wildman–Crippen MR) is 82.2 cm³/mol. The van der Waals surface area contributed by atoms with E-state index in [4.69, 9.17) is 0 Å². The van der Waals surface area contributed by atoms with Crippen LogP contribution in [0.25, 0.3) is 0 Å². The molecule has 20 heavy (non-hydrogen) atoms. The Labute approximate surface area is 124 Å². The fraction of sp³-hybridized carbons (Fsp3) is 0.692. The third-order valence-corrected chi connectivity index (χ3v) is 3.98. The summed E-state index contributed by atoms with van der Waals surface area (Å²) < 4.78 is 0. The van der Waals surface area contributed by atoms with Crippen LogP contribution in [0.5, 0.6) is 0 Å². The molecule has 0 aliphatic heterocycles. The van der Waals surface area contributed by atoms with Crippen LogP contribution in [0.4, 0.5) is 9.93 Å². The summed E-state index contributed by atoms with van der Waals surface area (Å²) in [7, 11) is 3.86. The van der Waals surface area contributed by atoms with Crippen LogP contribution in [0.3, 0.4) is 0 Å². The minimum atomic E-state index is -0.574. The number of aliphatic hydroxyl groups excluding tert-OH is 1. The second-order valence-electron chi connectivity index (χ2n) is 5.29. The van der Waals surface area contributed by atoms with Crippen LogP contribution >= 0.6 is 11.3 Å². The van der Waals surface area contributed by atoms with E-state index in [1.165, 1.54) is 11.3 Å². The molecule has 0 aliphatic rings. The molecule has 0 saturated carbocycles. The highest BCUT2D eigenvalue weighted by molar-refractivity contribution is 7.13. The van der Waals surface area contributed by atoms with Crippen molar-refractivity contribution < 1.29 is 9.90 Å². The van der Waals surface area contributed by atoms with E-state index in [1.54, 1.807) is 0 Å². The van der Waals surface area contributed by atoms with E-state index < -0.39 is 5.54 Å². The van der Waals surface area contributed by atoms with Gasteiger partial charge >= 0.3 is 6.03 Å². The number of hydrogen-bond acceptors (Lipinski definition) is 5. The molecule has 1 rings (SSSR count). The molecule has 7 heteroatoms. The number of urea groups is 1. The maximum absolute atomic E-state index is 11.8. The molecule has 0 aromatic carbocycles. The number of hydrogen-bond donors (Lipinski definition) is 3. The zero-order chi connectivity index (χ0) is 15.2. The Hall–Kier alpha value is -1.34. The summed E-state index contributed by atoms with van der Waals surface area (Å²) >= 11 is 1.54. The Morgan fingerprint density at radius 2 is 2.25 bits per heavy atom. The molecule has 0 radical (unpaired) electrons. The lowest BCUT2D eigenvalue weighted by atomic mass is 9.98. The van der Waals surface area contributed by atoms with E-state index in [-0.39, 0.29) is 12.6 Å². The molecule has 3 N–H and O–H groups in total. The Morgan fingerprint density at radius 3 is 2.75 bits per heavy atom. The van der Waals surface area contributed by atoms with Gasteiger partial charge in [0.2, 0.25) is 0 Å². The normalized spacial score (nSPS) is 13.7. The number of rotatable bonds is 7. The average molecular weight is 300 g/mol. The van der Waals surface area contributed by atoms with Crippen molar-refractivity contribution in [2.24, 2.45) is 0 Å². The van der Waals surface area contributed by atoms with Crippen LogP contribution in [-0.4, -0.2) is 42.4 Å². The SMILES string of the molecule is CCCC(C)(CO)NC(=O)NCc1csc(N(C)C)n1. The van der Waals surface area contributed by atoms with Gasteiger partial charge in [-0.1, -0.05) is 13.3 Å². The lowest BCUT2D eigenvalue weighted by Crippen LogP contribution is -2.52. The fourth-order valence-corrected chi connectivity index (χ4v) is 2.56. The van der Waals surface area contributed by atoms with E-state index >= 15 is 0 Å². The minimum Gasteiger partial charge on any atom is -0.394 e. The van der Waals surface area contributed by atoms with Crippen LogP contribution in [0.1, 0.15) is 32.4 Å². The van der Waals surface area contributed by atoms with E-state index in [0.29, 0.717) is 6.54 Å². The largest absolute Gasteiger partial charge is 0.394 e. The van der Waals surface area contributed by atoms with Gasteiger partial charge in [-0.3, -0.25) is 0 Å². The first-order chi connectivity index (χ1) is 9.40. The van der Waals surface area contributed by atoms with Crippen molar-refractivity contribution in [3.63, 3.8) is 0 Å². The summed E-state index contributed by atoms with van der Waals surface area (Å²) in [6, 6.07) is -0.283. The van der Waals surface area contributed by atoms with Gasteiger partial charge in [-0.15, -0.1) is 11.3 Å². The summed E-state index contributed by atoms with van der Waals surface area (Å²) in [5.41, 5.74) is 0.255. The molecule has 2 amide bonds. The van der Waals surface area contributed by atoms with Gasteiger partial charge < -0.3 is 20.6 Å². The van der Waals surface area contributed by atoms with Crippen molar-refractivity contribution in [2.75, 3.05) is 25.6 Å². The van der Waals surface area contributed by atoms with Gasteiger partial charge in [0, 0.05) is 19.5 Å². The molecular weight excluding hydrogens is 276 g/mol. The summed E-state index contributed by atoms with van der Waals surface area (Å²) in [6.45, 7) is 4.16. The molecular formula is C13H24N4O2S. The van der Waals surface area contributed by atoms with Gasteiger partial charge in [0.15, 0.2) is 5.13 Å². The van der Waals surface area contributed by atoms with Crippen LogP contribution < -0.4 is 15.5 Å². The monoisotopic (exact) mass is 300 g/mol. The van der Waals surface area contributed by atoms with Crippen molar-refractivity contribution in [3.05, 3.63) is 11.1 Å². The molecule has 1 unspecified atom stereocenters. The van der Waals surface area contributed by atoms with Crippen LogP contribution in [-0.2, 0) is 6.54 Å². The second kappa shape index (κ2) is 7.44. The van der Waals surface area contributed by atoms with Crippen molar-refractivity contribution in [1.82, 2.24) is 15.6 Å². The van der Waals surface area contributed by atoms with Crippen molar-refractivity contribution >= 4 is 22.5 Å². The molecule has 1 atom stereocenters. The number of nitrogens with one attached hydrogen (secondary N) is 2. The molecule has 6 nitrogen and oxygen atoms in total. The number of anilines is 1. The topological polar surface area (TPSA) is 77.5 Å². The third-order valence-electron chi connectivity index (χ3n) is 2.92. The predicted octanol–water partition coefficient (Wildman–Crippen LogP) is 1.56. The standard InChI is InChI=1S/C13H24N4O2S/c1-5-6-13(2,9-18)16-11(19)14-7-10-8-20-12(15-10)17(3)4/h8,18H,5-7,9H2,1-4H3,(H2,14,16,19). The maximum atomic E-state index is 11.8. The molecule has 0 aliphatic carbocycles. The van der Waals surface area contributed by atoms with Gasteiger partial charge in [-0.05, 0) is 13.3 Å². The van der Waals surface area contributed by atoms with Crippen LogP contribution in [0.15, 0.2) is 5.38 Å². The minimum absolute atomic E-state index is 0.0737. The number of carbonyl (C=O) groups excluding carboxylic acids is 1. The number of aliphatic hydroxyl groups is 1. The van der Waals surface area contributed by atoms with Crippen molar-refractivity contribution in [2.45, 2.75) is 38.8 Å². The van der Waals surface area contributed by atoms with E-state index in [9.17, 15) is 9.90 Å². The molecule has 0 bridgehead atoms. The van der Waals surface area contributed by atoms with Crippen molar-refractivity contribution in [3.8, 4) is 0 Å². The maximum Gasteiger partial charge on any atom is 0.315 e. The van der Waals surface area contributed by atoms with Gasteiger partial charge in [0.25, 0.3) is 0 Å². The molecule has 1 aromatic heterocycles. The summed E-state index contributed by atoms with van der Waals surface area (Å²) in [4.78, 5) is 18.2. The summed E-state index contributed by atoms with van der Waals surface area (Å²) in [6.07, 6.45) is 1.63. The smallest absolute Gasteiger partial charge is 0.315 e. The van der Waals surface area contributed by atoms with E-state index in [0.717, 1.165) is 23.7 Å². The van der Waals surface area contributed by atoms with Gasteiger partial charge in [0.05, 0.1) is 24.4 Å². The molecule has 0 fully saturated rings. The highest BCUT2D eigenvalue weighted by Crippen LogP contribution is 2.17. The number of thiazole rings is 1. The summed E-state index contributed by atoms with van der Waals surface area (Å²) in [5.74, 6) is 0. The first-order valence-electron chi connectivity index (χ1n) is 6.69. The lowest BCUT2D eigenvalue weighted by molar-refractivity contribution is 0.163. The average Bonchev–Trinajstić information content (AvgIpc) is 2.85. The van der Waals surface area contributed by atoms with E-state index in [1.807, 2.05) is 38.2 Å². The van der Waals surface area contributed by atoms with Gasteiger partial charge in [0.1, 0.15) is 0 Å². The Bertz CT molecular complexity index is 436. The fourth-order valence-electron chi connectivity index (χ4n) is 1.80. The first kappa shape index (κ1) is 16.7. The summed E-state index contributed by atoms with van der Waals surface area (Å²) in [5, 5.41) is 17.8. The van der Waals surface area contributed by atoms with Gasteiger partial charge in [-0.25, -0.2) is 9.78 Å². The number of amides is 2. The zero-order valence-electron chi connectivity index (χ0n) is 12.6. The number of carbonyl (C=O) groups is 1. The van der Waals surface area contributed by atoms with Crippen molar-refractivity contribution in [1.29, 1.82) is 0 Å². The highest BCUT2D eigenvalue weighted by atomic mass is 32.1. The van der Waals surface area contributed by atoms with Gasteiger partial charge in [-0.2, -0.15) is 0 Å². The third kappa shape index (κ3) is 4.97. The first-order valence-corrected chi connectivity index (χ1v) is 7.57. The Balaban J connectivity index is 2.46.